The summed E-state index contributed by atoms with van der Waals surface area (Å²) >= 11 is 0. The van der Waals surface area contributed by atoms with E-state index < -0.39 is 0 Å². The highest BCUT2D eigenvalue weighted by Gasteiger charge is 2.32. The number of hydrogen-bond donors (Lipinski definition) is 1. The van der Waals surface area contributed by atoms with E-state index in [1.165, 1.54) is 5.56 Å². The first kappa shape index (κ1) is 21.3. The van der Waals surface area contributed by atoms with Crippen LogP contribution < -0.4 is 10.2 Å². The van der Waals surface area contributed by atoms with Crippen molar-refractivity contribution in [1.29, 1.82) is 0 Å². The Morgan fingerprint density at radius 2 is 2.13 bits per heavy atom. The number of rotatable bonds is 5. The Balaban J connectivity index is 1.43. The van der Waals surface area contributed by atoms with Gasteiger partial charge in [-0.05, 0) is 24.5 Å². The van der Waals surface area contributed by atoms with E-state index in [1.54, 1.807) is 7.05 Å². The van der Waals surface area contributed by atoms with Gasteiger partial charge in [-0.25, -0.2) is 0 Å². The molecule has 1 fully saturated rings. The standard InChI is InChI=1S/C23H32N6O2/c1-23(2,3)21-26-19(27-31-21)14-25-22(24-4)29-15-16(17-8-5-6-9-18(17)29)11-13-28-12-7-10-20(28)30/h5-6,8-9,16H,7,10-15H2,1-4H3,(H,24,25). The summed E-state index contributed by atoms with van der Waals surface area (Å²) in [5.41, 5.74) is 2.30. The largest absolute Gasteiger partial charge is 0.349 e. The number of anilines is 1. The number of nitrogens with one attached hydrogen (secondary N) is 1. The van der Waals surface area contributed by atoms with Gasteiger partial charge >= 0.3 is 0 Å². The van der Waals surface area contributed by atoms with Crippen LogP contribution in [0.25, 0.3) is 0 Å². The molecule has 3 heterocycles. The van der Waals surface area contributed by atoms with Crippen LogP contribution in [0.3, 0.4) is 0 Å². The van der Waals surface area contributed by atoms with Crippen LogP contribution in [0, 0.1) is 0 Å². The Bertz CT molecular complexity index is 961. The summed E-state index contributed by atoms with van der Waals surface area (Å²) in [4.78, 5) is 25.2. The van der Waals surface area contributed by atoms with Crippen molar-refractivity contribution in [1.82, 2.24) is 20.4 Å². The fraction of sp³-hybridized carbons (Fsp3) is 0.565. The lowest BCUT2D eigenvalue weighted by Crippen LogP contribution is -2.41. The average molecular weight is 425 g/mol. The molecule has 4 rings (SSSR count). The molecule has 1 unspecified atom stereocenters. The summed E-state index contributed by atoms with van der Waals surface area (Å²) in [6, 6.07) is 8.46. The number of aliphatic imine (C=N–C) groups is 1. The molecule has 1 saturated heterocycles. The van der Waals surface area contributed by atoms with Gasteiger partial charge in [0.1, 0.15) is 0 Å². The van der Waals surface area contributed by atoms with Crippen molar-refractivity contribution in [2.24, 2.45) is 4.99 Å². The Morgan fingerprint density at radius 1 is 1.32 bits per heavy atom. The van der Waals surface area contributed by atoms with Crippen LogP contribution in [0.2, 0.25) is 0 Å². The lowest BCUT2D eigenvalue weighted by Gasteiger charge is -2.23. The van der Waals surface area contributed by atoms with Gasteiger partial charge < -0.3 is 19.6 Å². The second-order valence-electron chi connectivity index (χ2n) is 9.31. The molecule has 31 heavy (non-hydrogen) atoms. The molecule has 0 spiro atoms. The van der Waals surface area contributed by atoms with Crippen LogP contribution in [0.15, 0.2) is 33.8 Å². The first-order valence-electron chi connectivity index (χ1n) is 11.0. The Morgan fingerprint density at radius 3 is 2.81 bits per heavy atom. The number of carbonyl (C=O) groups excluding carboxylic acids is 1. The number of nitrogens with zero attached hydrogens (tertiary/aromatic N) is 5. The maximum atomic E-state index is 12.0. The van der Waals surface area contributed by atoms with Crippen LogP contribution >= 0.6 is 0 Å². The molecule has 2 aromatic rings. The summed E-state index contributed by atoms with van der Waals surface area (Å²) in [6.45, 7) is 9.13. The van der Waals surface area contributed by atoms with Gasteiger partial charge in [-0.2, -0.15) is 4.98 Å². The van der Waals surface area contributed by atoms with Gasteiger partial charge in [0.25, 0.3) is 0 Å². The van der Waals surface area contributed by atoms with E-state index in [0.717, 1.165) is 44.1 Å². The van der Waals surface area contributed by atoms with Crippen molar-refractivity contribution >= 4 is 17.6 Å². The number of para-hydroxylation sites is 1. The van der Waals surface area contributed by atoms with Gasteiger partial charge in [0.2, 0.25) is 11.8 Å². The summed E-state index contributed by atoms with van der Waals surface area (Å²) in [6.07, 6.45) is 2.63. The maximum Gasteiger partial charge on any atom is 0.232 e. The molecule has 1 aromatic carbocycles. The van der Waals surface area contributed by atoms with Crippen molar-refractivity contribution in [3.8, 4) is 0 Å². The highest BCUT2D eigenvalue weighted by atomic mass is 16.5. The Labute approximate surface area is 183 Å². The van der Waals surface area contributed by atoms with Crippen molar-refractivity contribution in [3.05, 3.63) is 41.5 Å². The molecule has 0 radical (unpaired) electrons. The van der Waals surface area contributed by atoms with Crippen molar-refractivity contribution < 1.29 is 9.32 Å². The number of hydrogen-bond acceptors (Lipinski definition) is 5. The summed E-state index contributed by atoms with van der Waals surface area (Å²) in [7, 11) is 1.79. The minimum absolute atomic E-state index is 0.176. The van der Waals surface area contributed by atoms with E-state index in [2.05, 4.69) is 49.6 Å². The first-order chi connectivity index (χ1) is 14.9. The van der Waals surface area contributed by atoms with E-state index in [0.29, 0.717) is 30.6 Å². The SMILES string of the molecule is CN=C(NCc1noc(C(C)(C)C)n1)N1CC(CCN2CCCC2=O)c2ccccc21. The molecule has 2 aliphatic rings. The van der Waals surface area contributed by atoms with Crippen LogP contribution in [-0.4, -0.2) is 53.6 Å². The number of guanidine groups is 1. The Kier molecular flexibility index (Phi) is 5.98. The average Bonchev–Trinajstić information content (AvgIpc) is 3.46. The van der Waals surface area contributed by atoms with Gasteiger partial charge in [0.15, 0.2) is 11.8 Å². The number of aromatic nitrogens is 2. The normalized spacial score (nSPS) is 19.3. The number of benzene rings is 1. The van der Waals surface area contributed by atoms with Gasteiger partial charge in [0, 0.05) is 50.1 Å². The minimum atomic E-state index is -0.176. The van der Waals surface area contributed by atoms with Crippen molar-refractivity contribution in [3.63, 3.8) is 0 Å². The van der Waals surface area contributed by atoms with Crippen molar-refractivity contribution in [2.75, 3.05) is 31.6 Å². The topological polar surface area (TPSA) is 86.9 Å². The van der Waals surface area contributed by atoms with Gasteiger partial charge in [-0.1, -0.05) is 44.1 Å². The zero-order valence-electron chi connectivity index (χ0n) is 18.9. The molecule has 1 N–H and O–H groups in total. The molecule has 1 atom stereocenters. The summed E-state index contributed by atoms with van der Waals surface area (Å²) in [5.74, 6) is 2.68. The second-order valence-corrected chi connectivity index (χ2v) is 9.31. The molecule has 8 heteroatoms. The molecule has 166 valence electrons. The molecular weight excluding hydrogens is 392 g/mol. The first-order valence-corrected chi connectivity index (χ1v) is 11.0. The molecular formula is C23H32N6O2. The number of carbonyl (C=O) groups is 1. The summed E-state index contributed by atoms with van der Waals surface area (Å²) in [5, 5.41) is 7.48. The summed E-state index contributed by atoms with van der Waals surface area (Å²) < 4.78 is 5.40. The third-order valence-electron chi connectivity index (χ3n) is 5.97. The van der Waals surface area contributed by atoms with E-state index in [-0.39, 0.29) is 11.3 Å². The number of fused-ring (bicyclic) bond motifs is 1. The zero-order chi connectivity index (χ0) is 22.0. The highest BCUT2D eigenvalue weighted by Crippen LogP contribution is 2.38. The zero-order valence-corrected chi connectivity index (χ0v) is 18.9. The third kappa shape index (κ3) is 4.57. The molecule has 0 bridgehead atoms. The van der Waals surface area contributed by atoms with E-state index in [9.17, 15) is 4.79 Å². The van der Waals surface area contributed by atoms with Crippen molar-refractivity contribution in [2.45, 2.75) is 57.9 Å². The maximum absolute atomic E-state index is 12.0. The predicted molar refractivity (Wildman–Crippen MR) is 120 cm³/mol. The molecule has 0 aliphatic carbocycles. The van der Waals surface area contributed by atoms with E-state index >= 15 is 0 Å². The second kappa shape index (κ2) is 8.69. The smallest absolute Gasteiger partial charge is 0.232 e. The highest BCUT2D eigenvalue weighted by molar-refractivity contribution is 5.98. The predicted octanol–water partition coefficient (Wildman–Crippen LogP) is 3.06. The minimum Gasteiger partial charge on any atom is -0.349 e. The lowest BCUT2D eigenvalue weighted by molar-refractivity contribution is -0.127. The number of likely N-dealkylation sites (tertiary alicyclic amines) is 1. The monoisotopic (exact) mass is 424 g/mol. The van der Waals surface area contributed by atoms with E-state index in [4.69, 9.17) is 4.52 Å². The molecule has 0 saturated carbocycles. The third-order valence-corrected chi connectivity index (χ3v) is 5.97. The fourth-order valence-corrected chi connectivity index (χ4v) is 4.28. The van der Waals surface area contributed by atoms with Gasteiger partial charge in [-0.15, -0.1) is 0 Å². The quantitative estimate of drug-likeness (QED) is 0.586. The van der Waals surface area contributed by atoms with Gasteiger partial charge in [0.05, 0.1) is 6.54 Å². The Hall–Kier alpha value is -2.90. The van der Waals surface area contributed by atoms with Crippen LogP contribution in [-0.2, 0) is 16.8 Å². The van der Waals surface area contributed by atoms with Gasteiger partial charge in [-0.3, -0.25) is 9.79 Å². The molecule has 8 nitrogen and oxygen atoms in total. The van der Waals surface area contributed by atoms with E-state index in [1.807, 2.05) is 25.7 Å². The van der Waals surface area contributed by atoms with Crippen LogP contribution in [0.1, 0.15) is 63.2 Å². The number of amides is 1. The van der Waals surface area contributed by atoms with Crippen LogP contribution in [0.5, 0.6) is 0 Å². The lowest BCUT2D eigenvalue weighted by atomic mass is 9.97. The fourth-order valence-electron chi connectivity index (χ4n) is 4.28. The molecule has 2 aliphatic heterocycles. The molecule has 1 amide bonds. The molecule has 1 aromatic heterocycles. The van der Waals surface area contributed by atoms with Crippen LogP contribution in [0.4, 0.5) is 5.69 Å².